The first-order chi connectivity index (χ1) is 14.3. The van der Waals surface area contributed by atoms with Crippen molar-refractivity contribution in [2.24, 2.45) is 0 Å². The molecule has 29 heavy (non-hydrogen) atoms. The summed E-state index contributed by atoms with van der Waals surface area (Å²) >= 11 is 1.39. The van der Waals surface area contributed by atoms with Crippen LogP contribution < -0.4 is 10.1 Å². The number of carbonyl (C=O) groups excluding carboxylic acids is 1. The van der Waals surface area contributed by atoms with E-state index in [1.54, 1.807) is 6.08 Å². The molecule has 3 aromatic carbocycles. The quantitative estimate of drug-likeness (QED) is 0.390. The summed E-state index contributed by atoms with van der Waals surface area (Å²) in [4.78, 5) is 16.6. The minimum absolute atomic E-state index is 0.207. The largest absolute Gasteiger partial charge is 0.457 e. The Bertz CT molecular complexity index is 1100. The fraction of sp³-hybridized carbons (Fsp3) is 0. The monoisotopic (exact) mass is 398 g/mol. The van der Waals surface area contributed by atoms with Gasteiger partial charge in [0.2, 0.25) is 5.91 Å². The summed E-state index contributed by atoms with van der Waals surface area (Å²) < 4.78 is 5.81. The van der Waals surface area contributed by atoms with Gasteiger partial charge in [0.25, 0.3) is 0 Å². The topological polar surface area (TPSA) is 51.2 Å². The lowest BCUT2D eigenvalue weighted by molar-refractivity contribution is -0.111. The third-order valence-corrected chi connectivity index (χ3v) is 4.85. The molecule has 0 saturated carbocycles. The molecule has 0 saturated heterocycles. The standard InChI is InChI=1S/C24H18N2O2S/c27-23(16-11-18-7-3-1-4-8-18)26-24-25-22(17-29-24)19-12-14-21(15-13-19)28-20-9-5-2-6-10-20/h1-17H,(H,25,26,27)/b16-11-. The number of nitrogens with one attached hydrogen (secondary N) is 1. The Morgan fingerprint density at radius 2 is 1.52 bits per heavy atom. The highest BCUT2D eigenvalue weighted by molar-refractivity contribution is 7.14. The number of para-hydroxylation sites is 1. The van der Waals surface area contributed by atoms with E-state index in [0.29, 0.717) is 5.13 Å². The van der Waals surface area contributed by atoms with Crippen LogP contribution in [0.5, 0.6) is 11.5 Å². The van der Waals surface area contributed by atoms with Gasteiger partial charge in [-0.25, -0.2) is 4.98 Å². The van der Waals surface area contributed by atoms with Crippen molar-refractivity contribution < 1.29 is 9.53 Å². The Balaban J connectivity index is 1.38. The van der Waals surface area contributed by atoms with E-state index in [2.05, 4.69) is 10.3 Å². The van der Waals surface area contributed by atoms with Crippen LogP contribution in [0.4, 0.5) is 5.13 Å². The predicted molar refractivity (Wildman–Crippen MR) is 118 cm³/mol. The summed E-state index contributed by atoms with van der Waals surface area (Å²) in [5.41, 5.74) is 2.74. The molecular formula is C24H18N2O2S. The van der Waals surface area contributed by atoms with Crippen molar-refractivity contribution in [1.29, 1.82) is 0 Å². The summed E-state index contributed by atoms with van der Waals surface area (Å²) in [7, 11) is 0. The second-order valence-corrected chi connectivity index (χ2v) is 7.07. The number of carbonyl (C=O) groups is 1. The van der Waals surface area contributed by atoms with E-state index in [0.717, 1.165) is 28.3 Å². The molecule has 142 valence electrons. The molecule has 0 atom stereocenters. The van der Waals surface area contributed by atoms with Crippen molar-refractivity contribution in [1.82, 2.24) is 4.98 Å². The molecule has 1 amide bonds. The Morgan fingerprint density at radius 3 is 2.24 bits per heavy atom. The zero-order chi connectivity index (χ0) is 19.9. The van der Waals surface area contributed by atoms with Gasteiger partial charge in [0, 0.05) is 17.0 Å². The van der Waals surface area contributed by atoms with Crippen LogP contribution in [0, 0.1) is 0 Å². The maximum absolute atomic E-state index is 12.1. The van der Waals surface area contributed by atoms with Crippen molar-refractivity contribution in [2.45, 2.75) is 0 Å². The molecule has 0 spiro atoms. The molecule has 4 aromatic rings. The number of ether oxygens (including phenoxy) is 1. The highest BCUT2D eigenvalue weighted by Crippen LogP contribution is 2.28. The fourth-order valence-corrected chi connectivity index (χ4v) is 3.39. The number of thiazole rings is 1. The van der Waals surface area contributed by atoms with E-state index >= 15 is 0 Å². The second-order valence-electron chi connectivity index (χ2n) is 6.21. The first-order valence-corrected chi connectivity index (χ1v) is 9.97. The van der Waals surface area contributed by atoms with E-state index in [-0.39, 0.29) is 5.91 Å². The molecule has 0 aliphatic heterocycles. The summed E-state index contributed by atoms with van der Waals surface area (Å²) in [6.45, 7) is 0. The van der Waals surface area contributed by atoms with E-state index < -0.39 is 0 Å². The van der Waals surface area contributed by atoms with Gasteiger partial charge in [-0.1, -0.05) is 48.5 Å². The summed E-state index contributed by atoms with van der Waals surface area (Å²) in [6.07, 6.45) is 3.28. The number of benzene rings is 3. The molecule has 1 aromatic heterocycles. The van der Waals surface area contributed by atoms with Crippen LogP contribution in [0.2, 0.25) is 0 Å². The van der Waals surface area contributed by atoms with Gasteiger partial charge in [-0.3, -0.25) is 10.1 Å². The van der Waals surface area contributed by atoms with Gasteiger partial charge in [0.15, 0.2) is 5.13 Å². The van der Waals surface area contributed by atoms with E-state index in [9.17, 15) is 4.79 Å². The van der Waals surface area contributed by atoms with E-state index in [1.165, 1.54) is 17.4 Å². The molecule has 1 heterocycles. The highest BCUT2D eigenvalue weighted by Gasteiger charge is 2.07. The lowest BCUT2D eigenvalue weighted by atomic mass is 10.2. The molecule has 0 bridgehead atoms. The first-order valence-electron chi connectivity index (χ1n) is 9.09. The Kier molecular flexibility index (Phi) is 5.78. The summed E-state index contributed by atoms with van der Waals surface area (Å²) in [5.74, 6) is 1.35. The fourth-order valence-electron chi connectivity index (χ4n) is 2.67. The van der Waals surface area contributed by atoms with Crippen molar-refractivity contribution in [3.63, 3.8) is 0 Å². The minimum Gasteiger partial charge on any atom is -0.457 e. The molecule has 0 aliphatic rings. The average Bonchev–Trinajstić information content (AvgIpc) is 3.23. The van der Waals surface area contributed by atoms with Crippen LogP contribution in [0.15, 0.2) is 96.4 Å². The normalized spacial score (nSPS) is 10.8. The summed E-state index contributed by atoms with van der Waals surface area (Å²) in [6, 6.07) is 27.0. The highest BCUT2D eigenvalue weighted by atomic mass is 32.1. The Hall–Kier alpha value is -3.70. The number of anilines is 1. The van der Waals surface area contributed by atoms with Gasteiger partial charge in [-0.2, -0.15) is 0 Å². The lowest BCUT2D eigenvalue weighted by Gasteiger charge is -2.05. The molecule has 1 N–H and O–H groups in total. The Morgan fingerprint density at radius 1 is 0.862 bits per heavy atom. The molecule has 4 nitrogen and oxygen atoms in total. The number of nitrogens with zero attached hydrogens (tertiary/aromatic N) is 1. The molecular weight excluding hydrogens is 380 g/mol. The zero-order valence-corrected chi connectivity index (χ0v) is 16.3. The van der Waals surface area contributed by atoms with Crippen molar-refractivity contribution in [3.05, 3.63) is 102 Å². The number of aromatic nitrogens is 1. The van der Waals surface area contributed by atoms with Crippen LogP contribution in [0.25, 0.3) is 17.3 Å². The maximum atomic E-state index is 12.1. The maximum Gasteiger partial charge on any atom is 0.250 e. The SMILES string of the molecule is O=C(/C=C\c1ccccc1)Nc1nc(-c2ccc(Oc3ccccc3)cc2)cs1. The second kappa shape index (κ2) is 8.99. The van der Waals surface area contributed by atoms with Crippen molar-refractivity contribution in [3.8, 4) is 22.8 Å². The van der Waals surface area contributed by atoms with Crippen LogP contribution in [-0.2, 0) is 4.79 Å². The molecule has 4 rings (SSSR count). The van der Waals surface area contributed by atoms with E-state index in [1.807, 2.05) is 90.3 Å². The summed E-state index contributed by atoms with van der Waals surface area (Å²) in [5, 5.41) is 5.29. The predicted octanol–water partition coefficient (Wildman–Crippen LogP) is 6.25. The van der Waals surface area contributed by atoms with Gasteiger partial charge in [-0.15, -0.1) is 11.3 Å². The van der Waals surface area contributed by atoms with Crippen LogP contribution in [0.1, 0.15) is 5.56 Å². The van der Waals surface area contributed by atoms with E-state index in [4.69, 9.17) is 4.74 Å². The van der Waals surface area contributed by atoms with Crippen molar-refractivity contribution in [2.75, 3.05) is 5.32 Å². The smallest absolute Gasteiger partial charge is 0.250 e. The van der Waals surface area contributed by atoms with Crippen molar-refractivity contribution >= 4 is 28.5 Å². The van der Waals surface area contributed by atoms with Crippen LogP contribution in [-0.4, -0.2) is 10.9 Å². The minimum atomic E-state index is -0.207. The number of hydrogen-bond acceptors (Lipinski definition) is 4. The average molecular weight is 398 g/mol. The first kappa shape index (κ1) is 18.7. The molecule has 0 radical (unpaired) electrons. The van der Waals surface area contributed by atoms with Crippen LogP contribution >= 0.6 is 11.3 Å². The van der Waals surface area contributed by atoms with Crippen LogP contribution in [0.3, 0.4) is 0 Å². The molecule has 0 fully saturated rings. The van der Waals surface area contributed by atoms with Gasteiger partial charge < -0.3 is 4.74 Å². The third-order valence-electron chi connectivity index (χ3n) is 4.09. The van der Waals surface area contributed by atoms with Gasteiger partial charge in [0.05, 0.1) is 5.69 Å². The van der Waals surface area contributed by atoms with Gasteiger partial charge in [0.1, 0.15) is 11.5 Å². The van der Waals surface area contributed by atoms with Gasteiger partial charge >= 0.3 is 0 Å². The number of amides is 1. The molecule has 5 heteroatoms. The third kappa shape index (κ3) is 5.18. The zero-order valence-electron chi connectivity index (χ0n) is 15.5. The number of hydrogen-bond donors (Lipinski definition) is 1. The lowest BCUT2D eigenvalue weighted by Crippen LogP contribution is -2.07. The molecule has 0 unspecified atom stereocenters. The Labute approximate surface area is 173 Å². The molecule has 0 aliphatic carbocycles. The van der Waals surface area contributed by atoms with Gasteiger partial charge in [-0.05, 0) is 48.0 Å². The number of rotatable bonds is 6.